The van der Waals surface area contributed by atoms with E-state index >= 15 is 0 Å². The van der Waals surface area contributed by atoms with Crippen LogP contribution in [0.2, 0.25) is 0 Å². The molecule has 0 amide bonds. The van der Waals surface area contributed by atoms with Gasteiger partial charge in [0.15, 0.2) is 0 Å². The summed E-state index contributed by atoms with van der Waals surface area (Å²) in [6.07, 6.45) is 4.06. The molecule has 0 unspecified atom stereocenters. The molecule has 2 rings (SSSR count). The first-order chi connectivity index (χ1) is 9.63. The van der Waals surface area contributed by atoms with E-state index in [1.807, 2.05) is 13.0 Å². The van der Waals surface area contributed by atoms with Gasteiger partial charge in [-0.2, -0.15) is 0 Å². The molecule has 0 aromatic carbocycles. The second kappa shape index (κ2) is 6.14. The van der Waals surface area contributed by atoms with Gasteiger partial charge in [-0.05, 0) is 25.5 Å². The van der Waals surface area contributed by atoms with Crippen LogP contribution in [0.3, 0.4) is 0 Å². The Morgan fingerprint density at radius 2 is 2.25 bits per heavy atom. The number of hydrogen-bond donors (Lipinski definition) is 1. The highest BCUT2D eigenvalue weighted by molar-refractivity contribution is 5.90. The van der Waals surface area contributed by atoms with Gasteiger partial charge in [0, 0.05) is 29.2 Å². The molecule has 0 spiro atoms. The van der Waals surface area contributed by atoms with Crippen molar-refractivity contribution in [1.82, 2.24) is 9.97 Å². The van der Waals surface area contributed by atoms with Crippen LogP contribution in [0.5, 0.6) is 0 Å². The molecule has 2 aromatic rings. The number of pyridine rings is 2. The van der Waals surface area contributed by atoms with Crippen LogP contribution in [0, 0.1) is 6.92 Å². The Kier molecular flexibility index (Phi) is 4.30. The smallest absolute Gasteiger partial charge is 0.343 e. The van der Waals surface area contributed by atoms with Crippen molar-refractivity contribution in [1.29, 1.82) is 0 Å². The van der Waals surface area contributed by atoms with Crippen LogP contribution in [0.25, 0.3) is 11.1 Å². The molecule has 5 nitrogen and oxygen atoms in total. The van der Waals surface area contributed by atoms with Gasteiger partial charge in [-0.1, -0.05) is 13.0 Å². The average molecular weight is 272 g/mol. The number of aryl methyl sites for hydroxylation is 1. The maximum atomic E-state index is 11.9. The van der Waals surface area contributed by atoms with Crippen LogP contribution < -0.4 is 5.56 Å². The summed E-state index contributed by atoms with van der Waals surface area (Å²) >= 11 is 0. The van der Waals surface area contributed by atoms with Gasteiger partial charge in [0.1, 0.15) is 5.56 Å². The minimum atomic E-state index is -0.599. The van der Waals surface area contributed by atoms with Crippen LogP contribution in [0.15, 0.2) is 35.4 Å². The monoisotopic (exact) mass is 272 g/mol. The van der Waals surface area contributed by atoms with E-state index in [-0.39, 0.29) is 5.56 Å². The zero-order valence-electron chi connectivity index (χ0n) is 11.5. The average Bonchev–Trinajstić information content (AvgIpc) is 2.46. The molecule has 0 aliphatic rings. The molecule has 0 radical (unpaired) electrons. The molecular weight excluding hydrogens is 256 g/mol. The van der Waals surface area contributed by atoms with Crippen LogP contribution in [0.1, 0.15) is 29.4 Å². The largest absolute Gasteiger partial charge is 0.462 e. The maximum Gasteiger partial charge on any atom is 0.343 e. The number of esters is 1. The van der Waals surface area contributed by atoms with Crippen molar-refractivity contribution in [2.75, 3.05) is 6.61 Å². The van der Waals surface area contributed by atoms with Crippen LogP contribution in [-0.4, -0.2) is 22.5 Å². The summed E-state index contributed by atoms with van der Waals surface area (Å²) in [5.41, 5.74) is 1.88. The van der Waals surface area contributed by atoms with E-state index in [2.05, 4.69) is 9.97 Å². The fraction of sp³-hybridized carbons (Fsp3) is 0.267. The Morgan fingerprint density at radius 1 is 1.45 bits per heavy atom. The Morgan fingerprint density at radius 3 is 2.90 bits per heavy atom. The summed E-state index contributed by atoms with van der Waals surface area (Å²) in [5, 5.41) is 0. The van der Waals surface area contributed by atoms with Gasteiger partial charge in [-0.15, -0.1) is 0 Å². The first-order valence-corrected chi connectivity index (χ1v) is 6.45. The molecule has 1 N–H and O–H groups in total. The lowest BCUT2D eigenvalue weighted by Crippen LogP contribution is -2.21. The molecular formula is C15H16N2O3. The van der Waals surface area contributed by atoms with Gasteiger partial charge in [0.2, 0.25) is 0 Å². The lowest BCUT2D eigenvalue weighted by molar-refractivity contribution is 0.0503. The number of rotatable bonds is 4. The number of hydrogen-bond acceptors (Lipinski definition) is 4. The van der Waals surface area contributed by atoms with E-state index in [9.17, 15) is 9.59 Å². The quantitative estimate of drug-likeness (QED) is 0.867. The Hall–Kier alpha value is -2.43. The lowest BCUT2D eigenvalue weighted by Gasteiger charge is -2.08. The Bertz CT molecular complexity index is 663. The van der Waals surface area contributed by atoms with E-state index in [4.69, 9.17) is 4.74 Å². The highest BCUT2D eigenvalue weighted by Crippen LogP contribution is 2.20. The predicted octanol–water partition coefficient (Wildman–Crippen LogP) is 2.31. The SMILES string of the molecule is CCCOC(=O)c1cc(-c2cccnc2)c(C)[nH]c1=O. The summed E-state index contributed by atoms with van der Waals surface area (Å²) in [6, 6.07) is 5.23. The van der Waals surface area contributed by atoms with E-state index in [0.717, 1.165) is 11.1 Å². The van der Waals surface area contributed by atoms with Crippen molar-refractivity contribution >= 4 is 5.97 Å². The summed E-state index contributed by atoms with van der Waals surface area (Å²) in [5.74, 6) is -0.599. The van der Waals surface area contributed by atoms with Crippen molar-refractivity contribution in [2.24, 2.45) is 0 Å². The molecule has 0 bridgehead atoms. The topological polar surface area (TPSA) is 72.0 Å². The van der Waals surface area contributed by atoms with Crippen LogP contribution in [-0.2, 0) is 4.74 Å². The number of H-pyrrole nitrogens is 1. The number of nitrogens with zero attached hydrogens (tertiary/aromatic N) is 1. The van der Waals surface area contributed by atoms with Crippen LogP contribution in [0.4, 0.5) is 0 Å². The van der Waals surface area contributed by atoms with Crippen LogP contribution >= 0.6 is 0 Å². The van der Waals surface area contributed by atoms with Crippen molar-refractivity contribution in [3.8, 4) is 11.1 Å². The minimum Gasteiger partial charge on any atom is -0.462 e. The molecule has 0 saturated heterocycles. The third-order valence-electron chi connectivity index (χ3n) is 2.87. The minimum absolute atomic E-state index is 0.0166. The van der Waals surface area contributed by atoms with Gasteiger partial charge in [-0.3, -0.25) is 9.78 Å². The van der Waals surface area contributed by atoms with Crippen molar-refractivity contribution in [2.45, 2.75) is 20.3 Å². The number of carbonyl (C=O) groups is 1. The molecule has 20 heavy (non-hydrogen) atoms. The van der Waals surface area contributed by atoms with E-state index in [0.29, 0.717) is 18.7 Å². The predicted molar refractivity (Wildman–Crippen MR) is 75.6 cm³/mol. The molecule has 0 aliphatic heterocycles. The van der Waals surface area contributed by atoms with E-state index in [1.54, 1.807) is 31.5 Å². The van der Waals surface area contributed by atoms with Gasteiger partial charge >= 0.3 is 5.97 Å². The molecule has 0 atom stereocenters. The number of aromatic amines is 1. The van der Waals surface area contributed by atoms with E-state index in [1.165, 1.54) is 0 Å². The molecule has 0 saturated carbocycles. The van der Waals surface area contributed by atoms with Crippen molar-refractivity contribution < 1.29 is 9.53 Å². The van der Waals surface area contributed by atoms with Gasteiger partial charge in [0.05, 0.1) is 6.61 Å². The van der Waals surface area contributed by atoms with Crippen molar-refractivity contribution in [3.05, 3.63) is 52.2 Å². The lowest BCUT2D eigenvalue weighted by atomic mass is 10.0. The molecule has 2 heterocycles. The van der Waals surface area contributed by atoms with Crippen molar-refractivity contribution in [3.63, 3.8) is 0 Å². The molecule has 0 aliphatic carbocycles. The Labute approximate surface area is 116 Å². The zero-order chi connectivity index (χ0) is 14.5. The summed E-state index contributed by atoms with van der Waals surface area (Å²) in [7, 11) is 0. The second-order valence-electron chi connectivity index (χ2n) is 4.43. The highest BCUT2D eigenvalue weighted by Gasteiger charge is 2.15. The second-order valence-corrected chi connectivity index (χ2v) is 4.43. The van der Waals surface area contributed by atoms with Gasteiger partial charge in [-0.25, -0.2) is 4.79 Å². The number of ether oxygens (including phenoxy) is 1. The van der Waals surface area contributed by atoms with Gasteiger partial charge < -0.3 is 9.72 Å². The molecule has 104 valence electrons. The molecule has 0 fully saturated rings. The standard InChI is InChI=1S/C15H16N2O3/c1-3-7-20-15(19)13-8-12(10(2)17-14(13)18)11-5-4-6-16-9-11/h4-6,8-9H,3,7H2,1-2H3,(H,17,18). The molecule has 5 heteroatoms. The summed E-state index contributed by atoms with van der Waals surface area (Å²) in [6.45, 7) is 3.98. The fourth-order valence-electron chi connectivity index (χ4n) is 1.87. The van der Waals surface area contributed by atoms with Gasteiger partial charge in [0.25, 0.3) is 5.56 Å². The normalized spacial score (nSPS) is 10.3. The number of aromatic nitrogens is 2. The van der Waals surface area contributed by atoms with E-state index < -0.39 is 11.5 Å². The molecule has 2 aromatic heterocycles. The number of nitrogens with one attached hydrogen (secondary N) is 1. The summed E-state index contributed by atoms with van der Waals surface area (Å²) < 4.78 is 5.01. The summed E-state index contributed by atoms with van der Waals surface area (Å²) in [4.78, 5) is 30.4. The third-order valence-corrected chi connectivity index (χ3v) is 2.87. The first-order valence-electron chi connectivity index (χ1n) is 6.45. The highest BCUT2D eigenvalue weighted by atomic mass is 16.5. The zero-order valence-corrected chi connectivity index (χ0v) is 11.5. The third kappa shape index (κ3) is 2.93. The maximum absolute atomic E-state index is 11.9. The first kappa shape index (κ1) is 14.0. The Balaban J connectivity index is 2.45. The fourth-order valence-corrected chi connectivity index (χ4v) is 1.87. The number of carbonyl (C=O) groups excluding carboxylic acids is 1.